The highest BCUT2D eigenvalue weighted by Gasteiger charge is 2.14. The minimum atomic E-state index is -3.02. The predicted molar refractivity (Wildman–Crippen MR) is 39.3 cm³/mol. The van der Waals surface area contributed by atoms with Crippen molar-refractivity contribution in [3.63, 3.8) is 0 Å². The molecule has 0 saturated heterocycles. The standard InChI is InChI=1S/C3H11ClN3OP/c1-7(3-2-4)9(5,6)8/h2-3H2,1H3,(H4,5,6,8). The fourth-order valence-corrected chi connectivity index (χ4v) is 1.06. The number of hydrogen-bond donors (Lipinski definition) is 2. The third-order valence-corrected chi connectivity index (χ3v) is 2.38. The molecule has 0 bridgehead atoms. The van der Waals surface area contributed by atoms with Gasteiger partial charge in [-0.3, -0.25) is 15.6 Å². The number of nitrogens with zero attached hydrogens (tertiary/aromatic N) is 1. The van der Waals surface area contributed by atoms with E-state index in [2.05, 4.69) is 0 Å². The Hall–Kier alpha value is 0.400. The second-order valence-corrected chi connectivity index (χ2v) is 4.15. The summed E-state index contributed by atoms with van der Waals surface area (Å²) in [5.74, 6) is 0.384. The van der Waals surface area contributed by atoms with E-state index in [0.717, 1.165) is 0 Å². The minimum absolute atomic E-state index is 0.384. The summed E-state index contributed by atoms with van der Waals surface area (Å²) < 4.78 is 12.1. The van der Waals surface area contributed by atoms with Crippen LogP contribution in [0.25, 0.3) is 0 Å². The van der Waals surface area contributed by atoms with Gasteiger partial charge in [0.15, 0.2) is 0 Å². The van der Waals surface area contributed by atoms with Crippen LogP contribution in [0.1, 0.15) is 0 Å². The Morgan fingerprint density at radius 1 is 1.67 bits per heavy atom. The summed E-state index contributed by atoms with van der Waals surface area (Å²) in [5, 5.41) is 0. The first-order valence-corrected chi connectivity index (χ1v) is 4.76. The van der Waals surface area contributed by atoms with E-state index < -0.39 is 7.59 Å². The van der Waals surface area contributed by atoms with Crippen LogP contribution < -0.4 is 11.0 Å². The molecule has 56 valence electrons. The summed E-state index contributed by atoms with van der Waals surface area (Å²) in [5.41, 5.74) is 10.1. The van der Waals surface area contributed by atoms with Gasteiger partial charge in [0.2, 0.25) is 0 Å². The van der Waals surface area contributed by atoms with E-state index in [-0.39, 0.29) is 0 Å². The predicted octanol–water partition coefficient (Wildman–Crippen LogP) is 0.183. The lowest BCUT2D eigenvalue weighted by Gasteiger charge is -2.18. The smallest absolute Gasteiger partial charge is 0.271 e. The molecule has 0 aromatic rings. The zero-order valence-corrected chi connectivity index (χ0v) is 6.90. The molecule has 0 amide bonds. The Balaban J connectivity index is 3.74. The summed E-state index contributed by atoms with van der Waals surface area (Å²) in [6.45, 7) is 0.450. The van der Waals surface area contributed by atoms with Gasteiger partial charge in [-0.1, -0.05) is 0 Å². The van der Waals surface area contributed by atoms with Gasteiger partial charge in [0.1, 0.15) is 0 Å². The average molecular weight is 172 g/mol. The lowest BCUT2D eigenvalue weighted by molar-refractivity contribution is 0.486. The van der Waals surface area contributed by atoms with Crippen LogP contribution in [0.5, 0.6) is 0 Å². The van der Waals surface area contributed by atoms with Crippen molar-refractivity contribution in [3.8, 4) is 0 Å². The van der Waals surface area contributed by atoms with Crippen molar-refractivity contribution in [2.45, 2.75) is 0 Å². The van der Waals surface area contributed by atoms with Gasteiger partial charge >= 0.3 is 0 Å². The summed E-state index contributed by atoms with van der Waals surface area (Å²) in [6, 6.07) is 0. The molecule has 0 saturated carbocycles. The molecule has 0 unspecified atom stereocenters. The lowest BCUT2D eigenvalue weighted by atomic mass is 10.8. The maximum Gasteiger partial charge on any atom is 0.276 e. The van der Waals surface area contributed by atoms with E-state index >= 15 is 0 Å². The Morgan fingerprint density at radius 3 is 2.22 bits per heavy atom. The molecule has 0 rings (SSSR count). The summed E-state index contributed by atoms with van der Waals surface area (Å²) in [7, 11) is -1.45. The van der Waals surface area contributed by atoms with Crippen molar-refractivity contribution < 1.29 is 4.57 Å². The van der Waals surface area contributed by atoms with Gasteiger partial charge in [-0.25, -0.2) is 4.67 Å². The molecular weight excluding hydrogens is 160 g/mol. The molecule has 0 spiro atoms. The molecule has 9 heavy (non-hydrogen) atoms. The Labute approximate surface area is 59.7 Å². The molecule has 4 N–H and O–H groups in total. The van der Waals surface area contributed by atoms with Gasteiger partial charge in [0, 0.05) is 12.4 Å². The molecule has 0 fully saturated rings. The van der Waals surface area contributed by atoms with Crippen LogP contribution in [0.2, 0.25) is 0 Å². The second-order valence-electron chi connectivity index (χ2n) is 1.74. The zero-order valence-electron chi connectivity index (χ0n) is 5.25. The maximum atomic E-state index is 10.7. The Morgan fingerprint density at radius 2 is 2.11 bits per heavy atom. The summed E-state index contributed by atoms with van der Waals surface area (Å²) in [4.78, 5) is 0. The first-order chi connectivity index (χ1) is 3.98. The second kappa shape index (κ2) is 3.54. The van der Waals surface area contributed by atoms with Crippen molar-refractivity contribution in [3.05, 3.63) is 0 Å². The Kier molecular flexibility index (Phi) is 3.70. The van der Waals surface area contributed by atoms with E-state index in [4.69, 9.17) is 22.6 Å². The highest BCUT2D eigenvalue weighted by molar-refractivity contribution is 7.56. The molecule has 4 nitrogen and oxygen atoms in total. The summed E-state index contributed by atoms with van der Waals surface area (Å²) in [6.07, 6.45) is 0. The van der Waals surface area contributed by atoms with Crippen molar-refractivity contribution in [1.82, 2.24) is 4.67 Å². The first-order valence-electron chi connectivity index (χ1n) is 2.43. The van der Waals surface area contributed by atoms with Crippen molar-refractivity contribution in [2.24, 2.45) is 11.0 Å². The third-order valence-electron chi connectivity index (χ3n) is 0.942. The molecule has 0 atom stereocenters. The van der Waals surface area contributed by atoms with Crippen LogP contribution >= 0.6 is 19.2 Å². The van der Waals surface area contributed by atoms with Crippen molar-refractivity contribution in [1.29, 1.82) is 0 Å². The van der Waals surface area contributed by atoms with Crippen LogP contribution in [0.15, 0.2) is 0 Å². The van der Waals surface area contributed by atoms with E-state index in [9.17, 15) is 4.57 Å². The first kappa shape index (κ1) is 9.40. The van der Waals surface area contributed by atoms with E-state index in [1.54, 1.807) is 7.05 Å². The fourth-order valence-electron chi connectivity index (χ4n) is 0.279. The highest BCUT2D eigenvalue weighted by atomic mass is 35.5. The number of hydrogen-bond acceptors (Lipinski definition) is 1. The molecule has 0 radical (unpaired) electrons. The number of rotatable bonds is 3. The fraction of sp³-hybridized carbons (Fsp3) is 1.00. The quantitative estimate of drug-likeness (QED) is 0.470. The van der Waals surface area contributed by atoms with Crippen LogP contribution in [0.3, 0.4) is 0 Å². The van der Waals surface area contributed by atoms with Crippen LogP contribution in [0, 0.1) is 0 Å². The largest absolute Gasteiger partial charge is 0.276 e. The summed E-state index contributed by atoms with van der Waals surface area (Å²) >= 11 is 5.33. The maximum absolute atomic E-state index is 10.7. The molecule has 0 heterocycles. The molecule has 0 aromatic heterocycles. The zero-order chi connectivity index (χ0) is 7.49. The van der Waals surface area contributed by atoms with Crippen molar-refractivity contribution >= 4 is 19.2 Å². The van der Waals surface area contributed by atoms with Gasteiger partial charge in [-0.15, -0.1) is 11.6 Å². The third kappa shape index (κ3) is 3.89. The number of nitrogens with two attached hydrogens (primary N) is 2. The molecule has 0 aromatic carbocycles. The van der Waals surface area contributed by atoms with Gasteiger partial charge in [-0.2, -0.15) is 0 Å². The molecular formula is C3H11ClN3OP. The van der Waals surface area contributed by atoms with Crippen LogP contribution in [-0.2, 0) is 4.57 Å². The minimum Gasteiger partial charge on any atom is -0.271 e. The molecule has 0 aliphatic carbocycles. The van der Waals surface area contributed by atoms with Gasteiger partial charge in [0.05, 0.1) is 0 Å². The average Bonchev–Trinajstić information content (AvgIpc) is 1.64. The highest BCUT2D eigenvalue weighted by Crippen LogP contribution is 2.28. The lowest BCUT2D eigenvalue weighted by Crippen LogP contribution is -2.26. The van der Waals surface area contributed by atoms with Gasteiger partial charge in [-0.05, 0) is 7.05 Å². The molecule has 6 heteroatoms. The number of alkyl halides is 1. The molecule has 0 aliphatic rings. The van der Waals surface area contributed by atoms with Crippen molar-refractivity contribution in [2.75, 3.05) is 19.5 Å². The van der Waals surface area contributed by atoms with Crippen LogP contribution in [-0.4, -0.2) is 24.1 Å². The topological polar surface area (TPSA) is 72.3 Å². The van der Waals surface area contributed by atoms with Crippen LogP contribution in [0.4, 0.5) is 0 Å². The van der Waals surface area contributed by atoms with Gasteiger partial charge in [0.25, 0.3) is 7.59 Å². The Bertz CT molecular complexity index is 124. The van der Waals surface area contributed by atoms with E-state index in [1.165, 1.54) is 4.67 Å². The normalized spacial score (nSPS) is 12.6. The van der Waals surface area contributed by atoms with E-state index in [1.807, 2.05) is 0 Å². The molecule has 0 aliphatic heterocycles. The van der Waals surface area contributed by atoms with E-state index in [0.29, 0.717) is 12.4 Å². The number of halogens is 1. The van der Waals surface area contributed by atoms with Gasteiger partial charge < -0.3 is 0 Å². The monoisotopic (exact) mass is 171 g/mol. The SMILES string of the molecule is CN(CCCl)P(N)(N)=O.